The molecule has 0 heterocycles. The van der Waals surface area contributed by atoms with E-state index in [2.05, 4.69) is 29.4 Å². The molecule has 1 fully saturated rings. The van der Waals surface area contributed by atoms with Crippen LogP contribution in [0.3, 0.4) is 0 Å². The fourth-order valence-corrected chi connectivity index (χ4v) is 3.46. The molecule has 1 aliphatic carbocycles. The Morgan fingerprint density at radius 3 is 2.42 bits per heavy atom. The first-order chi connectivity index (χ1) is 12.6. The molecule has 0 radical (unpaired) electrons. The van der Waals surface area contributed by atoms with E-state index in [1.807, 2.05) is 12.1 Å². The first-order valence-electron chi connectivity index (χ1n) is 9.69. The van der Waals surface area contributed by atoms with Gasteiger partial charge in [-0.2, -0.15) is 0 Å². The smallest absolute Gasteiger partial charge is 0.338 e. The Kier molecular flexibility index (Phi) is 8.85. The lowest BCUT2D eigenvalue weighted by Gasteiger charge is -2.24. The summed E-state index contributed by atoms with van der Waals surface area (Å²) in [7, 11) is 0. The number of esters is 1. The molecule has 1 aromatic carbocycles. The van der Waals surface area contributed by atoms with Gasteiger partial charge in [-0.15, -0.1) is 0 Å². The number of carbonyl (C=O) groups excluding carboxylic acids is 1. The molecule has 1 saturated carbocycles. The van der Waals surface area contributed by atoms with Crippen LogP contribution in [-0.2, 0) is 4.74 Å². The van der Waals surface area contributed by atoms with Gasteiger partial charge in [-0.05, 0) is 62.4 Å². The van der Waals surface area contributed by atoms with Crippen molar-refractivity contribution in [3.8, 4) is 0 Å². The zero-order valence-electron chi connectivity index (χ0n) is 15.9. The predicted molar refractivity (Wildman–Crippen MR) is 111 cm³/mol. The van der Waals surface area contributed by atoms with E-state index >= 15 is 0 Å². The number of nitrogens with zero attached hydrogens (tertiary/aromatic N) is 1. The third kappa shape index (κ3) is 6.92. The average molecular weight is 378 g/mol. The number of nitrogens with one attached hydrogen (secondary N) is 2. The molecule has 6 heteroatoms. The maximum absolute atomic E-state index is 12.1. The van der Waals surface area contributed by atoms with Crippen LogP contribution < -0.4 is 10.6 Å². The quantitative estimate of drug-likeness (QED) is 0.531. The van der Waals surface area contributed by atoms with E-state index in [1.165, 1.54) is 32.1 Å². The fraction of sp³-hybridized carbons (Fsp3) is 0.600. The number of rotatable bonds is 8. The predicted octanol–water partition coefficient (Wildman–Crippen LogP) is 3.80. The zero-order valence-corrected chi connectivity index (χ0v) is 16.7. The molecule has 0 aliphatic heterocycles. The Balaban J connectivity index is 1.75. The highest BCUT2D eigenvalue weighted by Crippen LogP contribution is 2.17. The third-order valence-electron chi connectivity index (χ3n) is 4.85. The number of hydrogen-bond acceptors (Lipinski definition) is 4. The molecule has 1 aliphatic rings. The van der Waals surface area contributed by atoms with E-state index in [-0.39, 0.29) is 5.97 Å². The van der Waals surface area contributed by atoms with E-state index in [0.29, 0.717) is 23.3 Å². The third-order valence-corrected chi connectivity index (χ3v) is 5.07. The van der Waals surface area contributed by atoms with Gasteiger partial charge in [0.15, 0.2) is 5.11 Å². The number of carbonyl (C=O) groups is 1. The summed E-state index contributed by atoms with van der Waals surface area (Å²) < 4.78 is 5.34. The number of ether oxygens (including phenoxy) is 1. The summed E-state index contributed by atoms with van der Waals surface area (Å²) in [5.41, 5.74) is 1.43. The lowest BCUT2D eigenvalue weighted by molar-refractivity contribution is 0.0466. The van der Waals surface area contributed by atoms with Crippen molar-refractivity contribution in [3.05, 3.63) is 29.8 Å². The monoisotopic (exact) mass is 377 g/mol. The van der Waals surface area contributed by atoms with Crippen LogP contribution in [0.1, 0.15) is 56.3 Å². The summed E-state index contributed by atoms with van der Waals surface area (Å²) in [6.45, 7) is 7.30. The molecule has 2 rings (SSSR count). The lowest BCUT2D eigenvalue weighted by atomic mass is 9.96. The largest absolute Gasteiger partial charge is 0.461 e. The van der Waals surface area contributed by atoms with E-state index in [0.717, 1.165) is 25.3 Å². The second-order valence-electron chi connectivity index (χ2n) is 6.67. The summed E-state index contributed by atoms with van der Waals surface area (Å²) in [5.74, 6) is -0.286. The van der Waals surface area contributed by atoms with Gasteiger partial charge in [0.1, 0.15) is 6.61 Å². The molecule has 0 aromatic heterocycles. The minimum Gasteiger partial charge on any atom is -0.461 e. The van der Waals surface area contributed by atoms with Crippen LogP contribution in [0.15, 0.2) is 24.3 Å². The summed E-state index contributed by atoms with van der Waals surface area (Å²) in [5, 5.41) is 7.21. The van der Waals surface area contributed by atoms with Crippen LogP contribution in [0.5, 0.6) is 0 Å². The van der Waals surface area contributed by atoms with Crippen LogP contribution in [0.25, 0.3) is 0 Å². The topological polar surface area (TPSA) is 53.6 Å². The zero-order chi connectivity index (χ0) is 18.8. The van der Waals surface area contributed by atoms with Crippen LogP contribution >= 0.6 is 12.2 Å². The number of likely N-dealkylation sites (N-methyl/N-ethyl adjacent to an activating group) is 1. The van der Waals surface area contributed by atoms with Gasteiger partial charge in [-0.3, -0.25) is 0 Å². The van der Waals surface area contributed by atoms with Gasteiger partial charge < -0.3 is 20.3 Å². The number of thiocarbonyl (C=S) groups is 1. The second kappa shape index (κ2) is 11.1. The summed E-state index contributed by atoms with van der Waals surface area (Å²) in [6.07, 6.45) is 6.22. The molecule has 0 unspecified atom stereocenters. The molecular formula is C20H31N3O2S. The Hall–Kier alpha value is -1.66. The fourth-order valence-electron chi connectivity index (χ4n) is 3.18. The molecule has 0 bridgehead atoms. The molecule has 2 N–H and O–H groups in total. The highest BCUT2D eigenvalue weighted by atomic mass is 32.1. The van der Waals surface area contributed by atoms with Gasteiger partial charge in [-0.25, -0.2) is 4.79 Å². The summed E-state index contributed by atoms with van der Waals surface area (Å²) in [6, 6.07) is 7.73. The number of anilines is 1. The SMILES string of the molecule is CCN(CC)CCOC(=O)c1ccc(NC(=S)NC2CCCCC2)cc1. The average Bonchev–Trinajstić information content (AvgIpc) is 2.66. The first-order valence-corrected chi connectivity index (χ1v) is 10.1. The van der Waals surface area contributed by atoms with Gasteiger partial charge in [0.25, 0.3) is 0 Å². The maximum atomic E-state index is 12.1. The van der Waals surface area contributed by atoms with Crippen LogP contribution in [0.4, 0.5) is 5.69 Å². The second-order valence-corrected chi connectivity index (χ2v) is 7.08. The molecule has 26 heavy (non-hydrogen) atoms. The molecule has 5 nitrogen and oxygen atoms in total. The molecule has 1 aromatic rings. The number of benzene rings is 1. The van der Waals surface area contributed by atoms with Gasteiger partial charge >= 0.3 is 5.97 Å². The highest BCUT2D eigenvalue weighted by molar-refractivity contribution is 7.80. The van der Waals surface area contributed by atoms with Crippen molar-refractivity contribution in [1.82, 2.24) is 10.2 Å². The van der Waals surface area contributed by atoms with E-state index in [9.17, 15) is 4.79 Å². The highest BCUT2D eigenvalue weighted by Gasteiger charge is 2.14. The van der Waals surface area contributed by atoms with Crippen LogP contribution in [0, 0.1) is 0 Å². The Morgan fingerprint density at radius 2 is 1.81 bits per heavy atom. The molecule has 0 saturated heterocycles. The minimum absolute atomic E-state index is 0.286. The van der Waals surface area contributed by atoms with Gasteiger partial charge in [0.2, 0.25) is 0 Å². The molecule has 144 valence electrons. The normalized spacial score (nSPS) is 14.9. The van der Waals surface area contributed by atoms with Gasteiger partial charge in [-0.1, -0.05) is 33.1 Å². The minimum atomic E-state index is -0.286. The Labute approximate surface area is 162 Å². The molecule has 0 spiro atoms. The van der Waals surface area contributed by atoms with Crippen LogP contribution in [0.2, 0.25) is 0 Å². The first kappa shape index (κ1) is 20.6. The lowest BCUT2D eigenvalue weighted by Crippen LogP contribution is -2.38. The van der Waals surface area contributed by atoms with Crippen molar-refractivity contribution in [1.29, 1.82) is 0 Å². The van der Waals surface area contributed by atoms with Gasteiger partial charge in [0, 0.05) is 18.3 Å². The van der Waals surface area contributed by atoms with E-state index in [4.69, 9.17) is 17.0 Å². The van der Waals surface area contributed by atoms with Crippen LogP contribution in [-0.4, -0.2) is 48.3 Å². The molecular weight excluding hydrogens is 346 g/mol. The molecule has 0 amide bonds. The van der Waals surface area contributed by atoms with Crippen molar-refractivity contribution < 1.29 is 9.53 Å². The number of hydrogen-bond donors (Lipinski definition) is 2. The van der Waals surface area contributed by atoms with Crippen molar-refractivity contribution in [2.45, 2.75) is 52.0 Å². The van der Waals surface area contributed by atoms with Crippen molar-refractivity contribution >= 4 is 29.0 Å². The van der Waals surface area contributed by atoms with Crippen molar-refractivity contribution in [3.63, 3.8) is 0 Å². The van der Waals surface area contributed by atoms with Crippen molar-refractivity contribution in [2.24, 2.45) is 0 Å². The maximum Gasteiger partial charge on any atom is 0.338 e. The van der Waals surface area contributed by atoms with Gasteiger partial charge in [0.05, 0.1) is 5.56 Å². The molecule has 0 atom stereocenters. The van der Waals surface area contributed by atoms with E-state index in [1.54, 1.807) is 12.1 Å². The van der Waals surface area contributed by atoms with Crippen molar-refractivity contribution in [2.75, 3.05) is 31.6 Å². The Bertz CT molecular complexity index is 567. The summed E-state index contributed by atoms with van der Waals surface area (Å²) >= 11 is 5.39. The Morgan fingerprint density at radius 1 is 1.15 bits per heavy atom. The standard InChI is InChI=1S/C20H31N3O2S/c1-3-23(4-2)14-15-25-19(24)16-10-12-18(13-11-16)22-20(26)21-17-8-6-5-7-9-17/h10-13,17H,3-9,14-15H2,1-2H3,(H2,21,22,26). The summed E-state index contributed by atoms with van der Waals surface area (Å²) in [4.78, 5) is 14.3. The van der Waals surface area contributed by atoms with E-state index < -0.39 is 0 Å².